The molecule has 0 saturated carbocycles. The fourth-order valence-corrected chi connectivity index (χ4v) is 2.12. The van der Waals surface area contributed by atoms with Gasteiger partial charge in [0.1, 0.15) is 0 Å². The van der Waals surface area contributed by atoms with Crippen molar-refractivity contribution in [2.75, 3.05) is 0 Å². The van der Waals surface area contributed by atoms with Crippen LogP contribution in [0.1, 0.15) is 25.8 Å². The van der Waals surface area contributed by atoms with Gasteiger partial charge in [-0.05, 0) is 37.0 Å². The standard InChI is InChI=1S/C12H18BrN/c1-3-11(9(2)14)7-10-5-4-6-12(13)8-10/h4-6,8-9,11H,3,7,14H2,1-2H3. The van der Waals surface area contributed by atoms with Crippen molar-refractivity contribution in [3.8, 4) is 0 Å². The largest absolute Gasteiger partial charge is 0.328 e. The van der Waals surface area contributed by atoms with Crippen molar-refractivity contribution in [2.24, 2.45) is 11.7 Å². The predicted octanol–water partition coefficient (Wildman–Crippen LogP) is 3.37. The van der Waals surface area contributed by atoms with Crippen molar-refractivity contribution >= 4 is 15.9 Å². The van der Waals surface area contributed by atoms with Crippen molar-refractivity contribution in [1.82, 2.24) is 0 Å². The summed E-state index contributed by atoms with van der Waals surface area (Å²) in [5, 5.41) is 0. The molecule has 0 fully saturated rings. The van der Waals surface area contributed by atoms with Gasteiger partial charge in [-0.25, -0.2) is 0 Å². The molecule has 1 nitrogen and oxygen atoms in total. The topological polar surface area (TPSA) is 26.0 Å². The van der Waals surface area contributed by atoms with Gasteiger partial charge in [0, 0.05) is 10.5 Å². The third-order valence-electron chi connectivity index (χ3n) is 2.65. The van der Waals surface area contributed by atoms with Gasteiger partial charge in [0.15, 0.2) is 0 Å². The Morgan fingerprint density at radius 2 is 2.14 bits per heavy atom. The number of rotatable bonds is 4. The SMILES string of the molecule is CCC(Cc1cccc(Br)c1)C(C)N. The van der Waals surface area contributed by atoms with Crippen LogP contribution >= 0.6 is 15.9 Å². The molecule has 0 radical (unpaired) electrons. The van der Waals surface area contributed by atoms with Crippen LogP contribution in [0.25, 0.3) is 0 Å². The van der Waals surface area contributed by atoms with Crippen LogP contribution < -0.4 is 5.73 Å². The van der Waals surface area contributed by atoms with Gasteiger partial charge in [0.2, 0.25) is 0 Å². The fourth-order valence-electron chi connectivity index (χ4n) is 1.67. The summed E-state index contributed by atoms with van der Waals surface area (Å²) in [5.41, 5.74) is 7.29. The molecule has 0 saturated heterocycles. The molecule has 0 aromatic heterocycles. The number of nitrogens with two attached hydrogens (primary N) is 1. The lowest BCUT2D eigenvalue weighted by Crippen LogP contribution is -2.27. The summed E-state index contributed by atoms with van der Waals surface area (Å²) in [6.45, 7) is 4.29. The molecular weight excluding hydrogens is 238 g/mol. The quantitative estimate of drug-likeness (QED) is 0.878. The van der Waals surface area contributed by atoms with Crippen molar-refractivity contribution in [2.45, 2.75) is 32.7 Å². The van der Waals surface area contributed by atoms with E-state index in [0.29, 0.717) is 5.92 Å². The molecule has 1 aromatic rings. The molecule has 2 N–H and O–H groups in total. The van der Waals surface area contributed by atoms with E-state index in [1.807, 2.05) is 0 Å². The first-order valence-corrected chi connectivity index (χ1v) is 5.92. The van der Waals surface area contributed by atoms with Gasteiger partial charge in [-0.2, -0.15) is 0 Å². The zero-order valence-corrected chi connectivity index (χ0v) is 10.4. The molecule has 0 aliphatic carbocycles. The predicted molar refractivity (Wildman–Crippen MR) is 65.3 cm³/mol. The van der Waals surface area contributed by atoms with Gasteiger partial charge in [-0.15, -0.1) is 0 Å². The van der Waals surface area contributed by atoms with Crippen LogP contribution in [-0.2, 0) is 6.42 Å². The fraction of sp³-hybridized carbons (Fsp3) is 0.500. The Kier molecular flexibility index (Phi) is 4.63. The second-order valence-corrected chi connectivity index (χ2v) is 4.78. The van der Waals surface area contributed by atoms with E-state index in [4.69, 9.17) is 5.73 Å². The van der Waals surface area contributed by atoms with E-state index in [-0.39, 0.29) is 6.04 Å². The molecule has 0 amide bonds. The van der Waals surface area contributed by atoms with Gasteiger partial charge in [-0.1, -0.05) is 41.4 Å². The maximum atomic E-state index is 5.92. The van der Waals surface area contributed by atoms with Gasteiger partial charge < -0.3 is 5.73 Å². The highest BCUT2D eigenvalue weighted by atomic mass is 79.9. The van der Waals surface area contributed by atoms with Crippen LogP contribution in [0.2, 0.25) is 0 Å². The van der Waals surface area contributed by atoms with E-state index in [1.165, 1.54) is 5.56 Å². The Balaban J connectivity index is 2.67. The van der Waals surface area contributed by atoms with Crippen molar-refractivity contribution in [1.29, 1.82) is 0 Å². The highest BCUT2D eigenvalue weighted by molar-refractivity contribution is 9.10. The number of hydrogen-bond acceptors (Lipinski definition) is 1. The van der Waals surface area contributed by atoms with E-state index >= 15 is 0 Å². The number of hydrogen-bond donors (Lipinski definition) is 1. The Morgan fingerprint density at radius 1 is 1.43 bits per heavy atom. The summed E-state index contributed by atoms with van der Waals surface area (Å²) >= 11 is 3.48. The maximum Gasteiger partial charge on any atom is 0.0177 e. The normalized spacial score (nSPS) is 15.1. The summed E-state index contributed by atoms with van der Waals surface area (Å²) in [6.07, 6.45) is 2.22. The molecule has 0 heterocycles. The van der Waals surface area contributed by atoms with E-state index in [0.717, 1.165) is 17.3 Å². The third-order valence-corrected chi connectivity index (χ3v) is 3.15. The minimum absolute atomic E-state index is 0.277. The minimum Gasteiger partial charge on any atom is -0.328 e. The molecule has 1 rings (SSSR count). The van der Waals surface area contributed by atoms with E-state index < -0.39 is 0 Å². The van der Waals surface area contributed by atoms with Crippen LogP contribution in [0.5, 0.6) is 0 Å². The first-order valence-electron chi connectivity index (χ1n) is 5.13. The highest BCUT2D eigenvalue weighted by Crippen LogP contribution is 2.18. The molecule has 0 spiro atoms. The third kappa shape index (κ3) is 3.43. The van der Waals surface area contributed by atoms with Crippen LogP contribution in [0.4, 0.5) is 0 Å². The Morgan fingerprint density at radius 3 is 2.64 bits per heavy atom. The Bertz CT molecular complexity index is 283. The van der Waals surface area contributed by atoms with E-state index in [1.54, 1.807) is 0 Å². The van der Waals surface area contributed by atoms with E-state index in [9.17, 15) is 0 Å². The molecule has 2 heteroatoms. The highest BCUT2D eigenvalue weighted by Gasteiger charge is 2.11. The first-order chi connectivity index (χ1) is 6.63. The van der Waals surface area contributed by atoms with Gasteiger partial charge in [0.25, 0.3) is 0 Å². The monoisotopic (exact) mass is 255 g/mol. The number of benzene rings is 1. The minimum atomic E-state index is 0.277. The molecule has 0 bridgehead atoms. The second-order valence-electron chi connectivity index (χ2n) is 3.86. The molecule has 14 heavy (non-hydrogen) atoms. The lowest BCUT2D eigenvalue weighted by atomic mass is 9.91. The molecular formula is C12H18BrN. The molecule has 2 atom stereocenters. The summed E-state index contributed by atoms with van der Waals surface area (Å²) < 4.78 is 1.15. The lowest BCUT2D eigenvalue weighted by molar-refractivity contribution is 0.427. The van der Waals surface area contributed by atoms with Crippen molar-refractivity contribution in [3.05, 3.63) is 34.3 Å². The van der Waals surface area contributed by atoms with Crippen molar-refractivity contribution in [3.63, 3.8) is 0 Å². The molecule has 0 aliphatic rings. The van der Waals surface area contributed by atoms with Crippen LogP contribution in [-0.4, -0.2) is 6.04 Å². The zero-order valence-electron chi connectivity index (χ0n) is 8.83. The summed E-state index contributed by atoms with van der Waals surface area (Å²) in [6, 6.07) is 8.74. The average molecular weight is 256 g/mol. The smallest absolute Gasteiger partial charge is 0.0177 e. The Hall–Kier alpha value is -0.340. The Labute approximate surface area is 94.8 Å². The van der Waals surface area contributed by atoms with Gasteiger partial charge in [0.05, 0.1) is 0 Å². The van der Waals surface area contributed by atoms with Crippen LogP contribution in [0.15, 0.2) is 28.7 Å². The maximum absolute atomic E-state index is 5.92. The van der Waals surface area contributed by atoms with Crippen LogP contribution in [0.3, 0.4) is 0 Å². The number of halogens is 1. The van der Waals surface area contributed by atoms with E-state index in [2.05, 4.69) is 54.0 Å². The zero-order chi connectivity index (χ0) is 10.6. The molecule has 0 aliphatic heterocycles. The second kappa shape index (κ2) is 5.52. The molecule has 1 aromatic carbocycles. The van der Waals surface area contributed by atoms with Crippen LogP contribution in [0, 0.1) is 5.92 Å². The van der Waals surface area contributed by atoms with Gasteiger partial charge >= 0.3 is 0 Å². The lowest BCUT2D eigenvalue weighted by Gasteiger charge is -2.18. The summed E-state index contributed by atoms with van der Waals surface area (Å²) in [7, 11) is 0. The summed E-state index contributed by atoms with van der Waals surface area (Å²) in [5.74, 6) is 0.587. The average Bonchev–Trinajstić information content (AvgIpc) is 2.14. The molecule has 2 unspecified atom stereocenters. The van der Waals surface area contributed by atoms with Gasteiger partial charge in [-0.3, -0.25) is 0 Å². The molecule has 78 valence electrons. The summed E-state index contributed by atoms with van der Waals surface area (Å²) in [4.78, 5) is 0. The van der Waals surface area contributed by atoms with Crippen molar-refractivity contribution < 1.29 is 0 Å². The first kappa shape index (κ1) is 11.7.